The van der Waals surface area contributed by atoms with Gasteiger partial charge in [-0.2, -0.15) is 0 Å². The average molecular weight is 312 g/mol. The molecule has 0 atom stereocenters. The highest BCUT2D eigenvalue weighted by Crippen LogP contribution is 2.26. The van der Waals surface area contributed by atoms with Crippen LogP contribution in [0.1, 0.15) is 5.69 Å². The van der Waals surface area contributed by atoms with Crippen molar-refractivity contribution in [2.24, 2.45) is 0 Å². The van der Waals surface area contributed by atoms with E-state index >= 15 is 0 Å². The molecule has 0 unspecified atom stereocenters. The molecule has 6 heteroatoms. The van der Waals surface area contributed by atoms with E-state index in [2.05, 4.69) is 4.98 Å². The first kappa shape index (κ1) is 14.8. The predicted molar refractivity (Wildman–Crippen MR) is 85.9 cm³/mol. The first-order valence-corrected chi connectivity index (χ1v) is 7.01. The summed E-state index contributed by atoms with van der Waals surface area (Å²) < 4.78 is 12.1. The molecule has 0 aliphatic rings. The summed E-state index contributed by atoms with van der Waals surface area (Å²) in [6, 6.07) is 14.1. The van der Waals surface area contributed by atoms with Gasteiger partial charge in [-0.25, -0.2) is 9.36 Å². The van der Waals surface area contributed by atoms with Crippen molar-refractivity contribution in [1.29, 1.82) is 0 Å². The van der Waals surface area contributed by atoms with Gasteiger partial charge in [-0.15, -0.1) is 0 Å². The Kier molecular flexibility index (Phi) is 3.80. The molecule has 0 spiro atoms. The fraction of sp³-hybridized carbons (Fsp3) is 0.118. The molecule has 6 nitrogen and oxygen atoms in total. The van der Waals surface area contributed by atoms with Crippen LogP contribution in [0.5, 0.6) is 23.1 Å². The Bertz CT molecular complexity index is 878. The van der Waals surface area contributed by atoms with Gasteiger partial charge in [0.2, 0.25) is 5.88 Å². The molecular formula is C17H16N2O4. The molecule has 0 fully saturated rings. The van der Waals surface area contributed by atoms with Gasteiger partial charge in [0.05, 0.1) is 18.5 Å². The van der Waals surface area contributed by atoms with E-state index in [0.29, 0.717) is 28.6 Å². The molecule has 1 heterocycles. The van der Waals surface area contributed by atoms with Crippen molar-refractivity contribution in [3.63, 3.8) is 0 Å². The summed E-state index contributed by atoms with van der Waals surface area (Å²) in [6.07, 6.45) is 0. The molecular weight excluding hydrogens is 296 g/mol. The van der Waals surface area contributed by atoms with Gasteiger partial charge in [-0.3, -0.25) is 0 Å². The van der Waals surface area contributed by atoms with E-state index in [1.165, 1.54) is 4.57 Å². The lowest BCUT2D eigenvalue weighted by Gasteiger charge is -2.08. The van der Waals surface area contributed by atoms with Crippen molar-refractivity contribution in [2.45, 2.75) is 6.92 Å². The van der Waals surface area contributed by atoms with Crippen molar-refractivity contribution in [2.75, 3.05) is 7.11 Å². The Morgan fingerprint density at radius 3 is 2.35 bits per heavy atom. The molecule has 23 heavy (non-hydrogen) atoms. The van der Waals surface area contributed by atoms with Crippen LogP contribution in [0.3, 0.4) is 0 Å². The SMILES string of the molecule is COc1cccc(Oc2ccc(-n3c(O)c(C)[nH]c3=O)cc2)c1. The predicted octanol–water partition coefficient (Wildman–Crippen LogP) is 2.98. The van der Waals surface area contributed by atoms with Gasteiger partial charge in [0.25, 0.3) is 0 Å². The van der Waals surface area contributed by atoms with Crippen LogP contribution in [-0.2, 0) is 0 Å². The quantitative estimate of drug-likeness (QED) is 0.776. The Labute approximate surface area is 132 Å². The Morgan fingerprint density at radius 2 is 1.74 bits per heavy atom. The molecule has 0 saturated carbocycles. The summed E-state index contributed by atoms with van der Waals surface area (Å²) >= 11 is 0. The average Bonchev–Trinajstić information content (AvgIpc) is 2.81. The van der Waals surface area contributed by atoms with Crippen LogP contribution in [-0.4, -0.2) is 21.8 Å². The topological polar surface area (TPSA) is 76.5 Å². The third kappa shape index (κ3) is 2.91. The van der Waals surface area contributed by atoms with Gasteiger partial charge in [-0.1, -0.05) is 6.07 Å². The van der Waals surface area contributed by atoms with E-state index < -0.39 is 0 Å². The molecule has 118 valence electrons. The maximum absolute atomic E-state index is 11.8. The smallest absolute Gasteiger partial charge is 0.333 e. The summed E-state index contributed by atoms with van der Waals surface area (Å²) in [4.78, 5) is 14.4. The number of nitrogens with one attached hydrogen (secondary N) is 1. The van der Waals surface area contributed by atoms with Crippen molar-refractivity contribution in [3.8, 4) is 28.8 Å². The highest BCUT2D eigenvalue weighted by atomic mass is 16.5. The van der Waals surface area contributed by atoms with Crippen LogP contribution >= 0.6 is 0 Å². The van der Waals surface area contributed by atoms with E-state index in [4.69, 9.17) is 9.47 Å². The Hall–Kier alpha value is -3.15. The third-order valence-electron chi connectivity index (χ3n) is 3.42. The number of aryl methyl sites for hydroxylation is 1. The fourth-order valence-corrected chi connectivity index (χ4v) is 2.24. The molecule has 0 aliphatic heterocycles. The van der Waals surface area contributed by atoms with Crippen LogP contribution in [0.25, 0.3) is 5.69 Å². The van der Waals surface area contributed by atoms with E-state index in [1.807, 2.05) is 18.2 Å². The minimum absolute atomic E-state index is 0.100. The van der Waals surface area contributed by atoms with Crippen molar-refractivity contribution < 1.29 is 14.6 Å². The molecule has 1 aromatic heterocycles. The number of aromatic hydroxyl groups is 1. The minimum Gasteiger partial charge on any atom is -0.497 e. The standard InChI is InChI=1S/C17H16N2O4/c1-11-16(20)19(17(21)18-11)12-6-8-13(9-7-12)23-15-5-3-4-14(10-15)22-2/h3-10,20H,1-2H3,(H,18,21). The summed E-state index contributed by atoms with van der Waals surface area (Å²) in [5.41, 5.74) is 0.586. The minimum atomic E-state index is -0.388. The maximum Gasteiger partial charge on any atom is 0.333 e. The molecule has 2 aromatic carbocycles. The molecule has 0 bridgehead atoms. The number of aromatic nitrogens is 2. The number of imidazole rings is 1. The lowest BCUT2D eigenvalue weighted by Crippen LogP contribution is -2.14. The lowest BCUT2D eigenvalue weighted by atomic mass is 10.3. The number of hydrogen-bond acceptors (Lipinski definition) is 4. The zero-order valence-corrected chi connectivity index (χ0v) is 12.7. The summed E-state index contributed by atoms with van der Waals surface area (Å²) in [5.74, 6) is 1.87. The molecule has 0 radical (unpaired) electrons. The highest BCUT2D eigenvalue weighted by Gasteiger charge is 2.11. The first-order valence-electron chi connectivity index (χ1n) is 7.01. The highest BCUT2D eigenvalue weighted by molar-refractivity contribution is 5.43. The molecule has 0 aliphatic carbocycles. The fourth-order valence-electron chi connectivity index (χ4n) is 2.24. The number of benzene rings is 2. The second kappa shape index (κ2) is 5.92. The van der Waals surface area contributed by atoms with Crippen LogP contribution < -0.4 is 15.2 Å². The lowest BCUT2D eigenvalue weighted by molar-refractivity contribution is 0.409. The van der Waals surface area contributed by atoms with Crippen molar-refractivity contribution in [3.05, 3.63) is 64.7 Å². The molecule has 3 rings (SSSR count). The van der Waals surface area contributed by atoms with Gasteiger partial charge in [-0.05, 0) is 43.3 Å². The molecule has 2 N–H and O–H groups in total. The third-order valence-corrected chi connectivity index (χ3v) is 3.42. The van der Waals surface area contributed by atoms with Gasteiger partial charge in [0.1, 0.15) is 17.2 Å². The largest absolute Gasteiger partial charge is 0.497 e. The van der Waals surface area contributed by atoms with E-state index in [0.717, 1.165) is 0 Å². The summed E-state index contributed by atoms with van der Waals surface area (Å²) in [7, 11) is 1.59. The van der Waals surface area contributed by atoms with Crippen molar-refractivity contribution >= 4 is 0 Å². The van der Waals surface area contributed by atoms with E-state index in [1.54, 1.807) is 44.4 Å². The zero-order valence-electron chi connectivity index (χ0n) is 12.7. The zero-order chi connectivity index (χ0) is 16.4. The number of H-pyrrole nitrogens is 1. The van der Waals surface area contributed by atoms with Crippen molar-refractivity contribution in [1.82, 2.24) is 9.55 Å². The second-order valence-corrected chi connectivity index (χ2v) is 4.99. The summed E-state index contributed by atoms with van der Waals surface area (Å²) in [5, 5.41) is 9.92. The number of rotatable bonds is 4. The number of nitrogens with zero attached hydrogens (tertiary/aromatic N) is 1. The Balaban J connectivity index is 1.86. The van der Waals surface area contributed by atoms with Gasteiger partial charge >= 0.3 is 5.69 Å². The maximum atomic E-state index is 11.8. The number of hydrogen-bond donors (Lipinski definition) is 2. The number of methoxy groups -OCH3 is 1. The molecule has 3 aromatic rings. The van der Waals surface area contributed by atoms with Gasteiger partial charge in [0, 0.05) is 6.07 Å². The monoisotopic (exact) mass is 312 g/mol. The number of aromatic amines is 1. The molecule has 0 amide bonds. The van der Waals surface area contributed by atoms with Gasteiger partial charge in [0.15, 0.2) is 0 Å². The Morgan fingerprint density at radius 1 is 1.04 bits per heavy atom. The van der Waals surface area contributed by atoms with Crippen LogP contribution in [0.4, 0.5) is 0 Å². The molecule has 0 saturated heterocycles. The van der Waals surface area contributed by atoms with Crippen LogP contribution in [0, 0.1) is 6.92 Å². The van der Waals surface area contributed by atoms with Crippen LogP contribution in [0.15, 0.2) is 53.3 Å². The summed E-state index contributed by atoms with van der Waals surface area (Å²) in [6.45, 7) is 1.63. The second-order valence-electron chi connectivity index (χ2n) is 4.99. The van der Waals surface area contributed by atoms with E-state index in [-0.39, 0.29) is 11.6 Å². The van der Waals surface area contributed by atoms with Gasteiger partial charge < -0.3 is 19.6 Å². The normalized spacial score (nSPS) is 10.5. The van der Waals surface area contributed by atoms with E-state index in [9.17, 15) is 9.90 Å². The number of ether oxygens (including phenoxy) is 2. The van der Waals surface area contributed by atoms with Crippen LogP contribution in [0.2, 0.25) is 0 Å². The first-order chi connectivity index (χ1) is 11.1.